The van der Waals surface area contributed by atoms with E-state index in [2.05, 4.69) is 11.0 Å². The van der Waals surface area contributed by atoms with E-state index >= 15 is 0 Å². The number of halogens is 1. The van der Waals surface area contributed by atoms with Crippen LogP contribution >= 0.6 is 11.6 Å². The quantitative estimate of drug-likeness (QED) is 0.521. The number of benzene rings is 2. The van der Waals surface area contributed by atoms with Gasteiger partial charge < -0.3 is 5.73 Å². The number of nitro groups is 1. The Morgan fingerprint density at radius 1 is 1.18 bits per heavy atom. The van der Waals surface area contributed by atoms with Crippen LogP contribution in [0.2, 0.25) is 5.02 Å². The first kappa shape index (κ1) is 23.0. The van der Waals surface area contributed by atoms with Crippen molar-refractivity contribution >= 4 is 17.3 Å². The molecule has 1 aliphatic heterocycles. The Kier molecular flexibility index (Phi) is 6.09. The maximum atomic E-state index is 11.9. The number of nitrogens with two attached hydrogens (primary N) is 1. The molecule has 34 heavy (non-hydrogen) atoms. The molecular weight excluding hydrogens is 452 g/mol. The zero-order chi connectivity index (χ0) is 24.5. The van der Waals surface area contributed by atoms with Crippen LogP contribution in [0.1, 0.15) is 17.0 Å². The molecule has 2 N–H and O–H groups in total. The lowest BCUT2D eigenvalue weighted by atomic mass is 9.58. The molecular formula is C25H19ClN6O2. The highest BCUT2D eigenvalue weighted by atomic mass is 35.5. The fourth-order valence-electron chi connectivity index (χ4n) is 4.99. The van der Waals surface area contributed by atoms with Crippen molar-refractivity contribution in [3.8, 4) is 18.2 Å². The molecule has 0 saturated carbocycles. The Morgan fingerprint density at radius 2 is 1.88 bits per heavy atom. The van der Waals surface area contributed by atoms with Gasteiger partial charge in [0.15, 0.2) is 5.41 Å². The van der Waals surface area contributed by atoms with Crippen molar-refractivity contribution in [3.05, 3.63) is 97.7 Å². The van der Waals surface area contributed by atoms with Gasteiger partial charge in [-0.15, -0.1) is 0 Å². The lowest BCUT2D eigenvalue weighted by Crippen LogP contribution is -2.48. The summed E-state index contributed by atoms with van der Waals surface area (Å²) in [4.78, 5) is 13.5. The largest absolute Gasteiger partial charge is 0.399 e. The summed E-state index contributed by atoms with van der Waals surface area (Å²) in [5.74, 6) is -1.51. The van der Waals surface area contributed by atoms with Crippen molar-refractivity contribution in [2.24, 2.45) is 17.1 Å². The van der Waals surface area contributed by atoms with Gasteiger partial charge in [0.1, 0.15) is 6.07 Å². The zero-order valence-electron chi connectivity index (χ0n) is 18.0. The average molecular weight is 471 g/mol. The molecule has 1 heterocycles. The van der Waals surface area contributed by atoms with Crippen LogP contribution in [0.3, 0.4) is 0 Å². The van der Waals surface area contributed by atoms with Crippen molar-refractivity contribution in [1.29, 1.82) is 15.8 Å². The third-order valence-electron chi connectivity index (χ3n) is 6.51. The summed E-state index contributed by atoms with van der Waals surface area (Å²) >= 11 is 6.03. The summed E-state index contributed by atoms with van der Waals surface area (Å²) in [6.45, 7) is 1.51. The van der Waals surface area contributed by atoms with Crippen molar-refractivity contribution < 1.29 is 4.92 Å². The Balaban J connectivity index is 1.92. The summed E-state index contributed by atoms with van der Waals surface area (Å²) in [7, 11) is 0. The number of nitriles is 3. The maximum Gasteiger partial charge on any atom is 0.274 e. The summed E-state index contributed by atoms with van der Waals surface area (Å²) in [6, 6.07) is 20.1. The highest BCUT2D eigenvalue weighted by Crippen LogP contribution is 2.55. The average Bonchev–Trinajstić information content (AvgIpc) is 2.84. The van der Waals surface area contributed by atoms with E-state index in [9.17, 15) is 25.9 Å². The van der Waals surface area contributed by atoms with Crippen molar-refractivity contribution in [2.45, 2.75) is 12.5 Å². The molecule has 2 aliphatic rings. The molecule has 4 rings (SSSR count). The number of hydrogen-bond acceptors (Lipinski definition) is 7. The number of nitro benzene ring substituents is 1. The summed E-state index contributed by atoms with van der Waals surface area (Å²) < 4.78 is 0. The molecule has 1 aliphatic carbocycles. The first-order chi connectivity index (χ1) is 16.4. The Labute approximate surface area is 201 Å². The number of nitrogens with zero attached hydrogens (tertiary/aromatic N) is 5. The third-order valence-corrected chi connectivity index (χ3v) is 6.75. The smallest absolute Gasteiger partial charge is 0.274 e. The standard InChI is InChI=1S/C25H19ClN6O2/c26-17-6-7-19(22(10-17)32(33)34)23-21-13-31(12-16-4-2-1-3-5-16)9-8-18(21)20(11-27)24(30)25(23,14-28)15-29/h1-8,10,21,23H,9,12-13,30H2/t21-,23+/m0/s1. The minimum atomic E-state index is -1.96. The predicted octanol–water partition coefficient (Wildman–Crippen LogP) is 4.17. The normalized spacial score (nSPS) is 21.4. The minimum Gasteiger partial charge on any atom is -0.399 e. The highest BCUT2D eigenvalue weighted by molar-refractivity contribution is 6.30. The van der Waals surface area contributed by atoms with E-state index in [4.69, 9.17) is 17.3 Å². The van der Waals surface area contributed by atoms with Gasteiger partial charge in [-0.2, -0.15) is 15.8 Å². The van der Waals surface area contributed by atoms with E-state index in [-0.39, 0.29) is 27.5 Å². The van der Waals surface area contributed by atoms with Crippen LogP contribution in [-0.4, -0.2) is 22.9 Å². The molecule has 0 amide bonds. The maximum absolute atomic E-state index is 11.9. The molecule has 8 nitrogen and oxygen atoms in total. The molecule has 2 aromatic carbocycles. The van der Waals surface area contributed by atoms with E-state index in [1.54, 1.807) is 0 Å². The molecule has 0 bridgehead atoms. The fraction of sp³-hybridized carbons (Fsp3) is 0.240. The van der Waals surface area contributed by atoms with Gasteiger partial charge in [0.2, 0.25) is 0 Å². The number of hydrogen-bond donors (Lipinski definition) is 1. The lowest BCUT2D eigenvalue weighted by Gasteiger charge is -2.45. The van der Waals surface area contributed by atoms with Gasteiger partial charge in [-0.05, 0) is 17.2 Å². The third kappa shape index (κ3) is 3.68. The number of allylic oxidation sites excluding steroid dienone is 2. The highest BCUT2D eigenvalue weighted by Gasteiger charge is 2.56. The van der Waals surface area contributed by atoms with Crippen molar-refractivity contribution in [2.75, 3.05) is 13.1 Å². The second-order valence-corrected chi connectivity index (χ2v) is 8.75. The first-order valence-corrected chi connectivity index (χ1v) is 10.9. The fourth-order valence-corrected chi connectivity index (χ4v) is 5.16. The van der Waals surface area contributed by atoms with E-state index in [0.717, 1.165) is 5.56 Å². The van der Waals surface area contributed by atoms with Crippen LogP contribution in [0.5, 0.6) is 0 Å². The molecule has 9 heteroatoms. The van der Waals surface area contributed by atoms with Crippen molar-refractivity contribution in [3.63, 3.8) is 0 Å². The summed E-state index contributed by atoms with van der Waals surface area (Å²) in [6.07, 6.45) is 1.87. The monoisotopic (exact) mass is 470 g/mol. The Hall–Kier alpha value is -4.16. The van der Waals surface area contributed by atoms with Gasteiger partial charge in [0.25, 0.3) is 5.69 Å². The molecule has 168 valence electrons. The van der Waals surface area contributed by atoms with Crippen molar-refractivity contribution in [1.82, 2.24) is 4.90 Å². The van der Waals surface area contributed by atoms with Gasteiger partial charge >= 0.3 is 0 Å². The van der Waals surface area contributed by atoms with Gasteiger partial charge in [0, 0.05) is 48.1 Å². The molecule has 0 radical (unpaired) electrons. The topological polar surface area (TPSA) is 144 Å². The van der Waals surface area contributed by atoms with E-state index < -0.39 is 22.2 Å². The van der Waals surface area contributed by atoms with E-state index in [1.165, 1.54) is 18.2 Å². The number of fused-ring (bicyclic) bond motifs is 1. The van der Waals surface area contributed by atoms with Gasteiger partial charge in [0.05, 0.1) is 28.3 Å². The zero-order valence-corrected chi connectivity index (χ0v) is 18.7. The van der Waals surface area contributed by atoms with Crippen LogP contribution in [0.15, 0.2) is 71.5 Å². The molecule has 0 unspecified atom stereocenters. The van der Waals surface area contributed by atoms with Crippen LogP contribution in [-0.2, 0) is 6.54 Å². The summed E-state index contributed by atoms with van der Waals surface area (Å²) in [5, 5.41) is 42.4. The minimum absolute atomic E-state index is 0.0975. The second kappa shape index (κ2) is 9.00. The lowest BCUT2D eigenvalue weighted by molar-refractivity contribution is -0.385. The van der Waals surface area contributed by atoms with Gasteiger partial charge in [-0.25, -0.2) is 0 Å². The molecule has 0 fully saturated rings. The van der Waals surface area contributed by atoms with Gasteiger partial charge in [-0.1, -0.05) is 54.1 Å². The summed E-state index contributed by atoms with van der Waals surface area (Å²) in [5.41, 5.74) is 5.85. The van der Waals surface area contributed by atoms with Gasteiger partial charge in [-0.3, -0.25) is 15.0 Å². The number of rotatable bonds is 4. The van der Waals surface area contributed by atoms with Crippen LogP contribution in [0.25, 0.3) is 0 Å². The van der Waals surface area contributed by atoms with Crippen LogP contribution < -0.4 is 5.73 Å². The SMILES string of the molecule is N#CC1=C(N)C(C#N)(C#N)[C@H](c2ccc(Cl)cc2[N+](=O)[O-])[C@H]2CN(Cc3ccccc3)CC=C12. The van der Waals surface area contributed by atoms with Crippen LogP contribution in [0.4, 0.5) is 5.69 Å². The molecule has 0 spiro atoms. The molecule has 0 aromatic heterocycles. The first-order valence-electron chi connectivity index (χ1n) is 10.5. The second-order valence-electron chi connectivity index (χ2n) is 8.32. The Morgan fingerprint density at radius 3 is 2.50 bits per heavy atom. The molecule has 0 saturated heterocycles. The van der Waals surface area contributed by atoms with E-state index in [0.29, 0.717) is 25.2 Å². The predicted molar refractivity (Wildman–Crippen MR) is 125 cm³/mol. The molecule has 2 aromatic rings. The molecule has 2 atom stereocenters. The van der Waals surface area contributed by atoms with E-state index in [1.807, 2.05) is 48.5 Å². The Bertz CT molecular complexity index is 1330. The van der Waals surface area contributed by atoms with Crippen LogP contribution in [0, 0.1) is 55.4 Å².